The Labute approximate surface area is 202 Å². The van der Waals surface area contributed by atoms with Crippen LogP contribution in [0.25, 0.3) is 15.9 Å². The summed E-state index contributed by atoms with van der Waals surface area (Å²) in [7, 11) is 2.00. The van der Waals surface area contributed by atoms with Crippen molar-refractivity contribution in [3.05, 3.63) is 100.0 Å². The largest absolute Gasteiger partial charge is 0.438 e. The van der Waals surface area contributed by atoms with E-state index in [2.05, 4.69) is 41.4 Å². The first-order chi connectivity index (χ1) is 16.5. The van der Waals surface area contributed by atoms with Crippen LogP contribution in [0.15, 0.2) is 83.0 Å². The second-order valence-corrected chi connectivity index (χ2v) is 9.19. The molecule has 0 atom stereocenters. The molecule has 0 aliphatic rings. The maximum atomic E-state index is 6.47. The summed E-state index contributed by atoms with van der Waals surface area (Å²) < 4.78 is 11.5. The molecule has 6 nitrogen and oxygen atoms in total. The van der Waals surface area contributed by atoms with Gasteiger partial charge in [-0.3, -0.25) is 0 Å². The molecular formula is C27H25N5OS. The highest BCUT2D eigenvalue weighted by Crippen LogP contribution is 2.32. The van der Waals surface area contributed by atoms with Gasteiger partial charge in [-0.05, 0) is 62.2 Å². The van der Waals surface area contributed by atoms with Gasteiger partial charge in [0.05, 0.1) is 33.4 Å². The molecule has 0 aliphatic carbocycles. The van der Waals surface area contributed by atoms with E-state index in [0.29, 0.717) is 5.88 Å². The standard InChI is InChI=1S/C27H25N5OS/c1-18-14-15-19(2)24(16-18)33-26-22(20(3)30-32(26)21-10-6-5-7-11-21)17-28-29-27-31(4)23-12-8-9-13-25(23)34-27/h5-17H,1-4H3/b28-17-,29-27+. The molecule has 5 rings (SSSR count). The Morgan fingerprint density at radius 2 is 1.71 bits per heavy atom. The van der Waals surface area contributed by atoms with Crippen LogP contribution in [0.2, 0.25) is 0 Å². The van der Waals surface area contributed by atoms with Crippen LogP contribution in [0.5, 0.6) is 11.6 Å². The average Bonchev–Trinajstić information content (AvgIpc) is 3.33. The lowest BCUT2D eigenvalue weighted by molar-refractivity contribution is 0.440. The van der Waals surface area contributed by atoms with E-state index in [1.165, 1.54) is 4.70 Å². The van der Waals surface area contributed by atoms with Crippen molar-refractivity contribution in [1.29, 1.82) is 0 Å². The van der Waals surface area contributed by atoms with Crippen molar-refractivity contribution in [2.45, 2.75) is 20.8 Å². The van der Waals surface area contributed by atoms with Crippen LogP contribution in [0.1, 0.15) is 22.4 Å². The maximum absolute atomic E-state index is 6.47. The second-order valence-electron chi connectivity index (χ2n) is 8.18. The van der Waals surface area contributed by atoms with Gasteiger partial charge in [0.1, 0.15) is 5.75 Å². The van der Waals surface area contributed by atoms with Crippen molar-refractivity contribution in [2.75, 3.05) is 0 Å². The van der Waals surface area contributed by atoms with Crippen molar-refractivity contribution in [3.8, 4) is 17.3 Å². The number of para-hydroxylation sites is 2. The van der Waals surface area contributed by atoms with E-state index in [-0.39, 0.29) is 0 Å². The van der Waals surface area contributed by atoms with E-state index < -0.39 is 0 Å². The fourth-order valence-corrected chi connectivity index (χ4v) is 4.72. The molecule has 0 amide bonds. The zero-order valence-corrected chi connectivity index (χ0v) is 20.4. The molecule has 0 saturated heterocycles. The van der Waals surface area contributed by atoms with Crippen molar-refractivity contribution < 1.29 is 4.74 Å². The monoisotopic (exact) mass is 467 g/mol. The quantitative estimate of drug-likeness (QED) is 0.232. The predicted octanol–water partition coefficient (Wildman–Crippen LogP) is 6.08. The lowest BCUT2D eigenvalue weighted by atomic mass is 10.1. The van der Waals surface area contributed by atoms with Gasteiger partial charge in [-0.25, -0.2) is 0 Å². The molecule has 170 valence electrons. The topological polar surface area (TPSA) is 56.7 Å². The van der Waals surface area contributed by atoms with Gasteiger partial charge in [0, 0.05) is 7.05 Å². The van der Waals surface area contributed by atoms with Crippen LogP contribution in [0, 0.1) is 20.8 Å². The molecule has 0 aliphatic heterocycles. The van der Waals surface area contributed by atoms with Gasteiger partial charge in [0.2, 0.25) is 10.7 Å². The Balaban J connectivity index is 1.60. The van der Waals surface area contributed by atoms with Crippen molar-refractivity contribution in [3.63, 3.8) is 0 Å². The van der Waals surface area contributed by atoms with E-state index in [9.17, 15) is 0 Å². The number of hydrogen-bond donors (Lipinski definition) is 0. The summed E-state index contributed by atoms with van der Waals surface area (Å²) in [5, 5.41) is 13.7. The Morgan fingerprint density at radius 1 is 0.941 bits per heavy atom. The lowest BCUT2D eigenvalue weighted by Gasteiger charge is -2.12. The van der Waals surface area contributed by atoms with Gasteiger partial charge in [0.15, 0.2) is 0 Å². The molecule has 0 fully saturated rings. The van der Waals surface area contributed by atoms with Crippen molar-refractivity contribution >= 4 is 27.8 Å². The van der Waals surface area contributed by atoms with Gasteiger partial charge in [-0.15, -0.1) is 5.10 Å². The summed E-state index contributed by atoms with van der Waals surface area (Å²) in [6.07, 6.45) is 1.73. The third-order valence-electron chi connectivity index (χ3n) is 5.66. The highest BCUT2D eigenvalue weighted by atomic mass is 32.1. The van der Waals surface area contributed by atoms with E-state index in [1.807, 2.05) is 78.7 Å². The molecule has 5 aromatic rings. The van der Waals surface area contributed by atoms with Crippen LogP contribution in [-0.2, 0) is 7.05 Å². The molecule has 34 heavy (non-hydrogen) atoms. The molecule has 0 N–H and O–H groups in total. The highest BCUT2D eigenvalue weighted by Gasteiger charge is 2.18. The smallest absolute Gasteiger partial charge is 0.231 e. The molecule has 0 unspecified atom stereocenters. The minimum absolute atomic E-state index is 0.608. The average molecular weight is 468 g/mol. The summed E-state index contributed by atoms with van der Waals surface area (Å²) in [4.78, 5) is 0.822. The summed E-state index contributed by atoms with van der Waals surface area (Å²) in [5.41, 5.74) is 5.83. The van der Waals surface area contributed by atoms with E-state index in [1.54, 1.807) is 17.6 Å². The number of benzene rings is 3. The van der Waals surface area contributed by atoms with E-state index in [4.69, 9.17) is 9.84 Å². The first-order valence-corrected chi connectivity index (χ1v) is 11.8. The molecule has 0 saturated carbocycles. The number of thiazole rings is 1. The van der Waals surface area contributed by atoms with Crippen molar-refractivity contribution in [1.82, 2.24) is 14.3 Å². The van der Waals surface area contributed by atoms with Crippen LogP contribution in [0.3, 0.4) is 0 Å². The maximum Gasteiger partial charge on any atom is 0.231 e. The van der Waals surface area contributed by atoms with Crippen LogP contribution >= 0.6 is 11.3 Å². The van der Waals surface area contributed by atoms with Crippen molar-refractivity contribution in [2.24, 2.45) is 17.3 Å². The SMILES string of the molecule is Cc1ccc(C)c(Oc2c(/C=N\N=c3\sc4ccccc4n3C)c(C)nn2-c2ccccc2)c1. The minimum atomic E-state index is 0.608. The van der Waals surface area contributed by atoms with E-state index in [0.717, 1.165) is 44.1 Å². The summed E-state index contributed by atoms with van der Waals surface area (Å²) >= 11 is 1.61. The number of fused-ring (bicyclic) bond motifs is 1. The van der Waals surface area contributed by atoms with Gasteiger partial charge in [-0.1, -0.05) is 53.8 Å². The summed E-state index contributed by atoms with van der Waals surface area (Å²) in [6.45, 7) is 6.05. The van der Waals surface area contributed by atoms with Crippen LogP contribution in [0.4, 0.5) is 0 Å². The van der Waals surface area contributed by atoms with Gasteiger partial charge < -0.3 is 9.30 Å². The Hall–Kier alpha value is -3.97. The third kappa shape index (κ3) is 4.18. The minimum Gasteiger partial charge on any atom is -0.438 e. The lowest BCUT2D eigenvalue weighted by Crippen LogP contribution is -2.08. The molecule has 0 bridgehead atoms. The number of rotatable bonds is 5. The molecule has 0 spiro atoms. The fourth-order valence-electron chi connectivity index (χ4n) is 3.74. The number of hydrogen-bond acceptors (Lipinski definition) is 5. The Morgan fingerprint density at radius 3 is 2.50 bits per heavy atom. The molecule has 2 aromatic heterocycles. The molecule has 0 radical (unpaired) electrons. The first kappa shape index (κ1) is 21.9. The fraction of sp³-hybridized carbons (Fsp3) is 0.148. The zero-order valence-electron chi connectivity index (χ0n) is 19.6. The number of aryl methyl sites for hydroxylation is 4. The summed E-state index contributed by atoms with van der Waals surface area (Å²) in [5.74, 6) is 1.40. The molecular weight excluding hydrogens is 442 g/mol. The van der Waals surface area contributed by atoms with Gasteiger partial charge >= 0.3 is 0 Å². The molecule has 7 heteroatoms. The highest BCUT2D eigenvalue weighted by molar-refractivity contribution is 7.16. The number of ether oxygens (including phenoxy) is 1. The normalized spacial score (nSPS) is 12.2. The second kappa shape index (κ2) is 9.11. The first-order valence-electron chi connectivity index (χ1n) is 11.0. The third-order valence-corrected chi connectivity index (χ3v) is 6.76. The number of nitrogens with zero attached hydrogens (tertiary/aromatic N) is 5. The van der Waals surface area contributed by atoms with Crippen LogP contribution < -0.4 is 9.54 Å². The number of aromatic nitrogens is 3. The van der Waals surface area contributed by atoms with Gasteiger partial charge in [0.25, 0.3) is 0 Å². The Kier molecular flexibility index (Phi) is 5.86. The molecule has 3 aromatic carbocycles. The van der Waals surface area contributed by atoms with E-state index >= 15 is 0 Å². The van der Waals surface area contributed by atoms with Crippen LogP contribution in [-0.4, -0.2) is 20.6 Å². The van der Waals surface area contributed by atoms with Gasteiger partial charge in [-0.2, -0.15) is 14.9 Å². The summed E-state index contributed by atoms with van der Waals surface area (Å²) in [6, 6.07) is 24.4. The Bertz CT molecular complexity index is 1570. The zero-order chi connectivity index (χ0) is 23.7. The predicted molar refractivity (Wildman–Crippen MR) is 138 cm³/mol. The molecule has 2 heterocycles.